The zero-order valence-electron chi connectivity index (χ0n) is 9.84. The van der Waals surface area contributed by atoms with Crippen LogP contribution in [-0.4, -0.2) is 17.1 Å². The highest BCUT2D eigenvalue weighted by Crippen LogP contribution is 2.27. The summed E-state index contributed by atoms with van der Waals surface area (Å²) in [6.07, 6.45) is 1.49. The molecule has 1 aromatic heterocycles. The van der Waals surface area contributed by atoms with E-state index in [-0.39, 0.29) is 5.56 Å². The summed E-state index contributed by atoms with van der Waals surface area (Å²) < 4.78 is 5.25. The van der Waals surface area contributed by atoms with Crippen LogP contribution in [0, 0.1) is 0 Å². The largest absolute Gasteiger partial charge is 0.496 e. The Bertz CT molecular complexity index is 598. The van der Waals surface area contributed by atoms with Gasteiger partial charge in [-0.3, -0.25) is 4.79 Å². The zero-order chi connectivity index (χ0) is 13.0. The number of nitrogens with zero attached hydrogens (tertiary/aromatic N) is 1. The van der Waals surface area contributed by atoms with Gasteiger partial charge in [-0.05, 0) is 6.07 Å². The van der Waals surface area contributed by atoms with Gasteiger partial charge in [-0.1, -0.05) is 17.8 Å². The Morgan fingerprint density at radius 3 is 3.00 bits per heavy atom. The molecule has 5 nitrogen and oxygen atoms in total. The molecular weight excluding hydrogens is 250 g/mol. The van der Waals surface area contributed by atoms with Gasteiger partial charge >= 0.3 is 0 Å². The number of hydrogen-bond acceptors (Lipinski definition) is 5. The van der Waals surface area contributed by atoms with Crippen molar-refractivity contribution in [2.75, 3.05) is 12.8 Å². The highest BCUT2D eigenvalue weighted by Gasteiger charge is 2.05. The van der Waals surface area contributed by atoms with Gasteiger partial charge in [0.25, 0.3) is 5.56 Å². The van der Waals surface area contributed by atoms with Gasteiger partial charge in [-0.25, -0.2) is 4.98 Å². The molecule has 0 saturated heterocycles. The van der Waals surface area contributed by atoms with Crippen LogP contribution >= 0.6 is 11.8 Å². The average Bonchev–Trinajstić information content (AvgIpc) is 2.37. The highest BCUT2D eigenvalue weighted by molar-refractivity contribution is 7.98. The molecule has 94 valence electrons. The number of hydrogen-bond donors (Lipinski definition) is 2. The van der Waals surface area contributed by atoms with Crippen molar-refractivity contribution in [1.82, 2.24) is 9.97 Å². The minimum atomic E-state index is -0.156. The molecule has 0 spiro atoms. The summed E-state index contributed by atoms with van der Waals surface area (Å²) in [4.78, 5) is 17.8. The zero-order valence-corrected chi connectivity index (χ0v) is 10.7. The first kappa shape index (κ1) is 12.5. The molecule has 18 heavy (non-hydrogen) atoms. The Hall–Kier alpha value is -1.95. The van der Waals surface area contributed by atoms with E-state index in [4.69, 9.17) is 10.5 Å². The van der Waals surface area contributed by atoms with Crippen LogP contribution in [0.2, 0.25) is 0 Å². The van der Waals surface area contributed by atoms with Crippen molar-refractivity contribution in [1.29, 1.82) is 0 Å². The molecule has 0 aliphatic carbocycles. The van der Waals surface area contributed by atoms with Gasteiger partial charge in [-0.15, -0.1) is 0 Å². The topological polar surface area (TPSA) is 81.0 Å². The van der Waals surface area contributed by atoms with Gasteiger partial charge in [0, 0.05) is 35.3 Å². The predicted molar refractivity (Wildman–Crippen MR) is 71.8 cm³/mol. The van der Waals surface area contributed by atoms with E-state index in [0.29, 0.717) is 16.6 Å². The molecule has 0 aliphatic heterocycles. The lowest BCUT2D eigenvalue weighted by Gasteiger charge is -2.08. The van der Waals surface area contributed by atoms with E-state index in [2.05, 4.69) is 9.97 Å². The Kier molecular flexibility index (Phi) is 3.88. The fourth-order valence-electron chi connectivity index (χ4n) is 1.45. The molecule has 0 aliphatic rings. The van der Waals surface area contributed by atoms with E-state index in [0.717, 1.165) is 11.3 Å². The first-order chi connectivity index (χ1) is 8.69. The monoisotopic (exact) mass is 263 g/mol. The third-order valence-electron chi connectivity index (χ3n) is 2.32. The number of nitrogen functional groups attached to an aromatic ring is 1. The number of aromatic amines is 1. The molecule has 0 unspecified atom stereocenters. The van der Waals surface area contributed by atoms with Crippen molar-refractivity contribution < 1.29 is 4.74 Å². The summed E-state index contributed by atoms with van der Waals surface area (Å²) >= 11 is 1.44. The summed E-state index contributed by atoms with van der Waals surface area (Å²) in [5.41, 5.74) is 7.19. The summed E-state index contributed by atoms with van der Waals surface area (Å²) in [6, 6.07) is 6.88. The van der Waals surface area contributed by atoms with Gasteiger partial charge in [0.15, 0.2) is 5.16 Å². The number of H-pyrrole nitrogens is 1. The number of ether oxygens (including phenoxy) is 1. The van der Waals surface area contributed by atoms with Crippen LogP contribution in [0.5, 0.6) is 5.75 Å². The third kappa shape index (κ3) is 3.04. The van der Waals surface area contributed by atoms with Crippen molar-refractivity contribution in [3.8, 4) is 5.75 Å². The van der Waals surface area contributed by atoms with Crippen molar-refractivity contribution in [3.63, 3.8) is 0 Å². The molecular formula is C12H13N3O2S. The molecule has 6 heteroatoms. The van der Waals surface area contributed by atoms with Crippen LogP contribution in [0.1, 0.15) is 5.56 Å². The number of methoxy groups -OCH3 is 1. The fourth-order valence-corrected chi connectivity index (χ4v) is 2.29. The smallest absolute Gasteiger partial charge is 0.251 e. The second-order valence-electron chi connectivity index (χ2n) is 3.60. The number of nitrogens with two attached hydrogens (primary N) is 1. The van der Waals surface area contributed by atoms with Crippen LogP contribution in [0.3, 0.4) is 0 Å². The molecule has 2 rings (SSSR count). The quantitative estimate of drug-likeness (QED) is 0.498. The second kappa shape index (κ2) is 5.59. The first-order valence-electron chi connectivity index (χ1n) is 5.29. The normalized spacial score (nSPS) is 10.3. The van der Waals surface area contributed by atoms with Gasteiger partial charge in [0.05, 0.1) is 7.11 Å². The summed E-state index contributed by atoms with van der Waals surface area (Å²) in [6.45, 7) is 0. The molecule has 1 aromatic carbocycles. The first-order valence-corrected chi connectivity index (χ1v) is 6.28. The van der Waals surface area contributed by atoms with E-state index >= 15 is 0 Å². The van der Waals surface area contributed by atoms with Crippen molar-refractivity contribution >= 4 is 17.4 Å². The van der Waals surface area contributed by atoms with Crippen molar-refractivity contribution in [2.24, 2.45) is 0 Å². The van der Waals surface area contributed by atoms with Crippen molar-refractivity contribution in [2.45, 2.75) is 10.9 Å². The van der Waals surface area contributed by atoms with E-state index in [1.807, 2.05) is 12.1 Å². The number of aromatic nitrogens is 2. The van der Waals surface area contributed by atoms with Crippen LogP contribution in [0.15, 0.2) is 40.4 Å². The molecule has 3 N–H and O–H groups in total. The molecule has 0 saturated carbocycles. The van der Waals surface area contributed by atoms with Gasteiger partial charge < -0.3 is 15.5 Å². The van der Waals surface area contributed by atoms with Crippen LogP contribution in [0.25, 0.3) is 0 Å². The maximum absolute atomic E-state index is 11.1. The van der Waals surface area contributed by atoms with E-state index < -0.39 is 0 Å². The Balaban J connectivity index is 2.13. The van der Waals surface area contributed by atoms with Crippen molar-refractivity contribution in [3.05, 3.63) is 46.4 Å². The molecule has 0 atom stereocenters. The maximum Gasteiger partial charge on any atom is 0.251 e. The Morgan fingerprint density at radius 2 is 2.28 bits per heavy atom. The molecule has 0 amide bonds. The Labute approximate surface area is 108 Å². The second-order valence-corrected chi connectivity index (χ2v) is 4.56. The average molecular weight is 263 g/mol. The third-order valence-corrected chi connectivity index (χ3v) is 3.26. The van der Waals surface area contributed by atoms with E-state index in [1.165, 1.54) is 24.0 Å². The van der Waals surface area contributed by atoms with Gasteiger partial charge in [-0.2, -0.15) is 0 Å². The highest BCUT2D eigenvalue weighted by atomic mass is 32.2. The number of nitrogens with one attached hydrogen (secondary N) is 1. The van der Waals surface area contributed by atoms with E-state index in [1.54, 1.807) is 13.2 Å². The minimum Gasteiger partial charge on any atom is -0.496 e. The standard InChI is InChI=1S/C12H13N3O2S/c1-17-10-6-9(13)3-2-8(10)7-18-12-14-5-4-11(16)15-12/h2-6H,7,13H2,1H3,(H,14,15,16). The van der Waals surface area contributed by atoms with Gasteiger partial charge in [0.1, 0.15) is 5.75 Å². The number of anilines is 1. The molecule has 0 radical (unpaired) electrons. The lowest BCUT2D eigenvalue weighted by molar-refractivity contribution is 0.411. The minimum absolute atomic E-state index is 0.156. The number of benzene rings is 1. The van der Waals surface area contributed by atoms with Crippen LogP contribution < -0.4 is 16.0 Å². The lowest BCUT2D eigenvalue weighted by Crippen LogP contribution is -2.05. The van der Waals surface area contributed by atoms with Crippen LogP contribution in [-0.2, 0) is 5.75 Å². The van der Waals surface area contributed by atoms with Gasteiger partial charge in [0.2, 0.25) is 0 Å². The fraction of sp³-hybridized carbons (Fsp3) is 0.167. The molecule has 2 aromatic rings. The maximum atomic E-state index is 11.1. The lowest BCUT2D eigenvalue weighted by atomic mass is 10.2. The SMILES string of the molecule is COc1cc(N)ccc1CSc1nccc(=O)[nH]1. The number of rotatable bonds is 4. The molecule has 0 fully saturated rings. The molecule has 0 bridgehead atoms. The Morgan fingerprint density at radius 1 is 1.44 bits per heavy atom. The molecule has 1 heterocycles. The van der Waals surface area contributed by atoms with E-state index in [9.17, 15) is 4.79 Å². The predicted octanol–water partition coefficient (Wildman–Crippen LogP) is 1.65. The van der Waals surface area contributed by atoms with Crippen LogP contribution in [0.4, 0.5) is 5.69 Å². The summed E-state index contributed by atoms with van der Waals surface area (Å²) in [5, 5.41) is 0.585. The number of thioether (sulfide) groups is 1. The summed E-state index contributed by atoms with van der Waals surface area (Å²) in [7, 11) is 1.60. The summed E-state index contributed by atoms with van der Waals surface area (Å²) in [5.74, 6) is 1.39.